The van der Waals surface area contributed by atoms with Crippen molar-refractivity contribution in [1.82, 2.24) is 5.32 Å². The van der Waals surface area contributed by atoms with Crippen molar-refractivity contribution in [3.63, 3.8) is 0 Å². The van der Waals surface area contributed by atoms with Crippen LogP contribution in [0.5, 0.6) is 5.75 Å². The first kappa shape index (κ1) is 22.1. The molecule has 1 heterocycles. The predicted octanol–water partition coefficient (Wildman–Crippen LogP) is 5.65. The van der Waals surface area contributed by atoms with Gasteiger partial charge >= 0.3 is 0 Å². The SMILES string of the molecule is O=C(NC(=S)Nc1ccc(N2CCCC2)c(Cl)c1)c1cccc(OCc2ccccc2)c1. The van der Waals surface area contributed by atoms with Crippen LogP contribution in [0, 0.1) is 0 Å². The van der Waals surface area contributed by atoms with Crippen LogP contribution in [0.15, 0.2) is 72.8 Å². The second-order valence-electron chi connectivity index (χ2n) is 7.57. The fourth-order valence-corrected chi connectivity index (χ4v) is 4.12. The van der Waals surface area contributed by atoms with Gasteiger partial charge in [-0.25, -0.2) is 0 Å². The smallest absolute Gasteiger partial charge is 0.257 e. The predicted molar refractivity (Wildman–Crippen MR) is 134 cm³/mol. The molecule has 0 bridgehead atoms. The zero-order valence-corrected chi connectivity index (χ0v) is 19.1. The van der Waals surface area contributed by atoms with Gasteiger partial charge in [0.2, 0.25) is 0 Å². The number of thiocarbonyl (C=S) groups is 1. The monoisotopic (exact) mass is 465 g/mol. The molecule has 1 fully saturated rings. The molecule has 3 aromatic rings. The summed E-state index contributed by atoms with van der Waals surface area (Å²) in [5, 5.41) is 6.60. The van der Waals surface area contributed by atoms with Crippen LogP contribution in [0.2, 0.25) is 5.02 Å². The quantitative estimate of drug-likeness (QED) is 0.461. The van der Waals surface area contributed by atoms with E-state index in [0.717, 1.165) is 30.0 Å². The number of halogens is 1. The maximum Gasteiger partial charge on any atom is 0.257 e. The summed E-state index contributed by atoms with van der Waals surface area (Å²) in [5.41, 5.74) is 3.27. The van der Waals surface area contributed by atoms with Gasteiger partial charge < -0.3 is 15.0 Å². The van der Waals surface area contributed by atoms with Gasteiger partial charge in [0.1, 0.15) is 12.4 Å². The second kappa shape index (κ2) is 10.5. The number of carbonyl (C=O) groups excluding carboxylic acids is 1. The normalized spacial score (nSPS) is 13.0. The summed E-state index contributed by atoms with van der Waals surface area (Å²) in [7, 11) is 0. The summed E-state index contributed by atoms with van der Waals surface area (Å²) in [6.07, 6.45) is 2.37. The molecule has 32 heavy (non-hydrogen) atoms. The van der Waals surface area contributed by atoms with Crippen LogP contribution in [0.25, 0.3) is 0 Å². The number of rotatable bonds is 6. The molecule has 7 heteroatoms. The van der Waals surface area contributed by atoms with E-state index in [1.54, 1.807) is 18.2 Å². The number of hydrogen-bond acceptors (Lipinski definition) is 4. The van der Waals surface area contributed by atoms with Crippen LogP contribution in [0.3, 0.4) is 0 Å². The summed E-state index contributed by atoms with van der Waals surface area (Å²) in [6, 6.07) is 22.6. The fraction of sp³-hybridized carbons (Fsp3) is 0.200. The zero-order chi connectivity index (χ0) is 22.3. The lowest BCUT2D eigenvalue weighted by Crippen LogP contribution is -2.34. The van der Waals surface area contributed by atoms with Crippen molar-refractivity contribution in [2.45, 2.75) is 19.4 Å². The molecule has 164 valence electrons. The molecule has 0 spiro atoms. The lowest BCUT2D eigenvalue weighted by Gasteiger charge is -2.20. The van der Waals surface area contributed by atoms with Crippen LogP contribution in [0.1, 0.15) is 28.8 Å². The molecular weight excluding hydrogens is 442 g/mol. The number of benzene rings is 3. The van der Waals surface area contributed by atoms with E-state index in [0.29, 0.717) is 22.9 Å². The Morgan fingerprint density at radius 1 is 1.00 bits per heavy atom. The summed E-state index contributed by atoms with van der Waals surface area (Å²) in [5.74, 6) is 0.303. The van der Waals surface area contributed by atoms with E-state index in [1.165, 1.54) is 12.8 Å². The average molecular weight is 466 g/mol. The summed E-state index contributed by atoms with van der Waals surface area (Å²) >= 11 is 11.8. The van der Waals surface area contributed by atoms with Gasteiger partial charge in [0, 0.05) is 24.3 Å². The van der Waals surface area contributed by atoms with E-state index in [4.69, 9.17) is 28.6 Å². The van der Waals surface area contributed by atoms with Gasteiger partial charge in [0.25, 0.3) is 5.91 Å². The van der Waals surface area contributed by atoms with Crippen LogP contribution in [0.4, 0.5) is 11.4 Å². The molecule has 1 aliphatic rings. The molecule has 1 aliphatic heterocycles. The van der Waals surface area contributed by atoms with Gasteiger partial charge in [0.05, 0.1) is 10.7 Å². The summed E-state index contributed by atoms with van der Waals surface area (Å²) in [6.45, 7) is 2.48. The molecule has 4 rings (SSSR count). The fourth-order valence-electron chi connectivity index (χ4n) is 3.60. The Hall–Kier alpha value is -3.09. The van der Waals surface area contributed by atoms with Gasteiger partial charge in [-0.15, -0.1) is 0 Å². The van der Waals surface area contributed by atoms with Gasteiger partial charge in [0.15, 0.2) is 5.11 Å². The summed E-state index contributed by atoms with van der Waals surface area (Å²) < 4.78 is 5.80. The molecule has 2 N–H and O–H groups in total. The number of nitrogens with one attached hydrogen (secondary N) is 2. The van der Waals surface area contributed by atoms with E-state index in [-0.39, 0.29) is 11.0 Å². The highest BCUT2D eigenvalue weighted by atomic mass is 35.5. The molecule has 3 aromatic carbocycles. The minimum Gasteiger partial charge on any atom is -0.489 e. The third kappa shape index (κ3) is 5.78. The van der Waals surface area contributed by atoms with Crippen LogP contribution < -0.4 is 20.3 Å². The number of carbonyl (C=O) groups is 1. The topological polar surface area (TPSA) is 53.6 Å². The van der Waals surface area contributed by atoms with E-state index in [2.05, 4.69) is 15.5 Å². The standard InChI is InChI=1S/C25H24ClN3O2S/c26-22-16-20(11-12-23(22)29-13-4-5-14-29)27-25(32)28-24(30)19-9-6-10-21(15-19)31-17-18-7-2-1-3-8-18/h1-3,6-12,15-16H,4-5,13-14,17H2,(H2,27,28,30,32). The highest BCUT2D eigenvalue weighted by molar-refractivity contribution is 7.80. The van der Waals surface area contributed by atoms with Crippen LogP contribution >= 0.6 is 23.8 Å². The molecule has 1 saturated heterocycles. The van der Waals surface area contributed by atoms with Gasteiger partial charge in [-0.2, -0.15) is 0 Å². The first-order valence-electron chi connectivity index (χ1n) is 10.5. The molecule has 0 atom stereocenters. The third-order valence-corrected chi connectivity index (χ3v) is 5.73. The number of nitrogens with zero attached hydrogens (tertiary/aromatic N) is 1. The van der Waals surface area contributed by atoms with Gasteiger partial charge in [-0.05, 0) is 67.0 Å². The first-order valence-corrected chi connectivity index (χ1v) is 11.3. The Bertz CT molecular complexity index is 1100. The molecule has 0 radical (unpaired) electrons. The van der Waals surface area contributed by atoms with Crippen LogP contribution in [-0.2, 0) is 6.61 Å². The Kier molecular flexibility index (Phi) is 7.24. The molecule has 0 saturated carbocycles. The molecule has 0 aromatic heterocycles. The lowest BCUT2D eigenvalue weighted by atomic mass is 10.2. The van der Waals surface area contributed by atoms with E-state index in [9.17, 15) is 4.79 Å². The molecular formula is C25H24ClN3O2S. The van der Waals surface area contributed by atoms with Gasteiger partial charge in [-0.1, -0.05) is 48.0 Å². The maximum atomic E-state index is 12.6. The van der Waals surface area contributed by atoms with E-state index >= 15 is 0 Å². The van der Waals surface area contributed by atoms with Crippen molar-refractivity contribution >= 4 is 46.2 Å². The van der Waals surface area contributed by atoms with E-state index in [1.807, 2.05) is 54.6 Å². The van der Waals surface area contributed by atoms with Crippen molar-refractivity contribution < 1.29 is 9.53 Å². The zero-order valence-electron chi connectivity index (χ0n) is 17.5. The maximum absolute atomic E-state index is 12.6. The van der Waals surface area contributed by atoms with Gasteiger partial charge in [-0.3, -0.25) is 10.1 Å². The second-order valence-corrected chi connectivity index (χ2v) is 8.39. The molecule has 0 aliphatic carbocycles. The minimum atomic E-state index is -0.313. The number of amides is 1. The highest BCUT2D eigenvalue weighted by Gasteiger charge is 2.16. The number of hydrogen-bond donors (Lipinski definition) is 2. The van der Waals surface area contributed by atoms with Crippen molar-refractivity contribution in [3.05, 3.63) is 88.9 Å². The van der Waals surface area contributed by atoms with E-state index < -0.39 is 0 Å². The Morgan fingerprint density at radius 2 is 1.78 bits per heavy atom. The Labute approximate surface area is 198 Å². The van der Waals surface area contributed by atoms with Crippen molar-refractivity contribution in [3.8, 4) is 5.75 Å². The molecule has 1 amide bonds. The Morgan fingerprint density at radius 3 is 2.53 bits per heavy atom. The molecule has 0 unspecified atom stereocenters. The van der Waals surface area contributed by atoms with Crippen molar-refractivity contribution in [1.29, 1.82) is 0 Å². The largest absolute Gasteiger partial charge is 0.489 e. The summed E-state index contributed by atoms with van der Waals surface area (Å²) in [4.78, 5) is 14.9. The first-order chi connectivity index (χ1) is 15.6. The lowest BCUT2D eigenvalue weighted by molar-refractivity contribution is 0.0977. The van der Waals surface area contributed by atoms with Crippen molar-refractivity contribution in [2.75, 3.05) is 23.3 Å². The third-order valence-electron chi connectivity index (χ3n) is 5.22. The number of ether oxygens (including phenoxy) is 1. The highest BCUT2D eigenvalue weighted by Crippen LogP contribution is 2.31. The van der Waals surface area contributed by atoms with Crippen molar-refractivity contribution in [2.24, 2.45) is 0 Å². The minimum absolute atomic E-state index is 0.204. The number of anilines is 2. The Balaban J connectivity index is 1.33. The average Bonchev–Trinajstić information content (AvgIpc) is 3.33. The molecule has 5 nitrogen and oxygen atoms in total. The van der Waals surface area contributed by atoms with Crippen LogP contribution in [-0.4, -0.2) is 24.1 Å².